The number of carboxylic acids is 1. The molecule has 0 aliphatic heterocycles. The summed E-state index contributed by atoms with van der Waals surface area (Å²) in [5.41, 5.74) is 1.04. The van der Waals surface area contributed by atoms with E-state index in [1.54, 1.807) is 31.2 Å². The molecule has 3 N–H and O–H groups in total. The molecule has 0 unspecified atom stereocenters. The van der Waals surface area contributed by atoms with Gasteiger partial charge < -0.3 is 20.5 Å². The number of carbonyl (C=O) groups excluding carboxylic acids is 3. The Bertz CT molecular complexity index is 959. The van der Waals surface area contributed by atoms with Crippen molar-refractivity contribution in [3.63, 3.8) is 0 Å². The van der Waals surface area contributed by atoms with Crippen LogP contribution in [0.2, 0.25) is 0 Å². The van der Waals surface area contributed by atoms with Crippen LogP contribution in [0.25, 0.3) is 0 Å². The number of hydrogen-bond donors (Lipinski definition) is 3. The molecule has 158 valence electrons. The second-order valence-corrected chi connectivity index (χ2v) is 6.20. The first-order chi connectivity index (χ1) is 14.2. The fourth-order valence-electron chi connectivity index (χ4n) is 2.40. The number of hydrogen-bond acceptors (Lipinski definition) is 5. The first-order valence-corrected chi connectivity index (χ1v) is 8.67. The summed E-state index contributed by atoms with van der Waals surface area (Å²) in [6, 6.07) is 7.89. The third-order valence-electron chi connectivity index (χ3n) is 3.95. The highest BCUT2D eigenvalue weighted by molar-refractivity contribution is 6.40. The number of amides is 2. The lowest BCUT2D eigenvalue weighted by atomic mass is 10.1. The van der Waals surface area contributed by atoms with Crippen LogP contribution < -0.4 is 15.4 Å². The molecular formula is C20H18F2N2O6. The van der Waals surface area contributed by atoms with Crippen LogP contribution in [-0.2, 0) is 19.2 Å². The normalized spacial score (nSPS) is 11.3. The molecule has 0 fully saturated rings. The van der Waals surface area contributed by atoms with Crippen LogP contribution in [0.15, 0.2) is 42.5 Å². The van der Waals surface area contributed by atoms with Crippen molar-refractivity contribution in [3.8, 4) is 5.75 Å². The Morgan fingerprint density at radius 2 is 1.63 bits per heavy atom. The summed E-state index contributed by atoms with van der Waals surface area (Å²) in [7, 11) is 0. The topological polar surface area (TPSA) is 122 Å². The molecule has 2 amide bonds. The van der Waals surface area contributed by atoms with Crippen LogP contribution in [0.5, 0.6) is 5.75 Å². The van der Waals surface area contributed by atoms with E-state index < -0.39 is 60.0 Å². The van der Waals surface area contributed by atoms with Crippen molar-refractivity contribution in [1.82, 2.24) is 5.32 Å². The number of halogens is 2. The Kier molecular flexibility index (Phi) is 7.56. The van der Waals surface area contributed by atoms with E-state index in [1.807, 2.05) is 5.32 Å². The van der Waals surface area contributed by atoms with Gasteiger partial charge >= 0.3 is 17.8 Å². The Hall–Kier alpha value is -3.82. The predicted octanol–water partition coefficient (Wildman–Crippen LogP) is 1.82. The van der Waals surface area contributed by atoms with Crippen molar-refractivity contribution in [2.75, 3.05) is 11.9 Å². The molecule has 10 heteroatoms. The SMILES string of the molecule is Cc1ccccc1NC(=O)C(=O)N[C@@H](CC(=O)O)C(=O)COc1c(F)cccc1F. The second kappa shape index (κ2) is 10.1. The predicted molar refractivity (Wildman–Crippen MR) is 101 cm³/mol. The van der Waals surface area contributed by atoms with Gasteiger partial charge in [0.1, 0.15) is 12.6 Å². The molecule has 0 spiro atoms. The van der Waals surface area contributed by atoms with Crippen molar-refractivity contribution in [1.29, 1.82) is 0 Å². The van der Waals surface area contributed by atoms with Gasteiger partial charge in [-0.3, -0.25) is 19.2 Å². The number of benzene rings is 2. The van der Waals surface area contributed by atoms with Gasteiger partial charge in [0.25, 0.3) is 0 Å². The first-order valence-electron chi connectivity index (χ1n) is 8.67. The van der Waals surface area contributed by atoms with E-state index in [0.717, 1.165) is 18.2 Å². The first kappa shape index (κ1) is 22.5. The Balaban J connectivity index is 2.04. The van der Waals surface area contributed by atoms with E-state index in [0.29, 0.717) is 11.3 Å². The zero-order chi connectivity index (χ0) is 22.3. The van der Waals surface area contributed by atoms with Gasteiger partial charge in [0, 0.05) is 5.69 Å². The van der Waals surface area contributed by atoms with Gasteiger partial charge in [0.2, 0.25) is 0 Å². The smallest absolute Gasteiger partial charge is 0.313 e. The monoisotopic (exact) mass is 420 g/mol. The minimum absolute atomic E-state index is 0.358. The van der Waals surface area contributed by atoms with Gasteiger partial charge in [-0.15, -0.1) is 0 Å². The van der Waals surface area contributed by atoms with Gasteiger partial charge in [0.15, 0.2) is 23.2 Å². The molecule has 2 aromatic carbocycles. The van der Waals surface area contributed by atoms with Crippen LogP contribution in [0, 0.1) is 18.6 Å². The van der Waals surface area contributed by atoms with Crippen molar-refractivity contribution >= 4 is 29.3 Å². The fraction of sp³-hybridized carbons (Fsp3) is 0.200. The summed E-state index contributed by atoms with van der Waals surface area (Å²) < 4.78 is 32.0. The van der Waals surface area contributed by atoms with E-state index in [4.69, 9.17) is 9.84 Å². The molecule has 0 aliphatic rings. The van der Waals surface area contributed by atoms with Gasteiger partial charge in [-0.25, -0.2) is 8.78 Å². The maximum Gasteiger partial charge on any atom is 0.313 e. The summed E-state index contributed by atoms with van der Waals surface area (Å²) in [6.45, 7) is 0.777. The number of Topliss-reactive ketones (excluding diaryl/α,β-unsaturated/α-hetero) is 1. The molecule has 0 bridgehead atoms. The molecule has 1 atom stereocenters. The Morgan fingerprint density at radius 3 is 2.23 bits per heavy atom. The highest BCUT2D eigenvalue weighted by atomic mass is 19.1. The highest BCUT2D eigenvalue weighted by Gasteiger charge is 2.27. The van der Waals surface area contributed by atoms with Crippen LogP contribution >= 0.6 is 0 Å². The number of carbonyl (C=O) groups is 4. The van der Waals surface area contributed by atoms with Crippen LogP contribution in [0.3, 0.4) is 0 Å². The molecule has 0 aromatic heterocycles. The molecule has 0 heterocycles. The minimum Gasteiger partial charge on any atom is -0.481 e. The molecule has 30 heavy (non-hydrogen) atoms. The lowest BCUT2D eigenvalue weighted by Crippen LogP contribution is -2.48. The van der Waals surface area contributed by atoms with Crippen molar-refractivity contribution in [3.05, 3.63) is 59.7 Å². The zero-order valence-electron chi connectivity index (χ0n) is 15.8. The highest BCUT2D eigenvalue weighted by Crippen LogP contribution is 2.20. The number of rotatable bonds is 8. The molecule has 0 aliphatic carbocycles. The lowest BCUT2D eigenvalue weighted by molar-refractivity contribution is -0.142. The lowest BCUT2D eigenvalue weighted by Gasteiger charge is -2.16. The van der Waals surface area contributed by atoms with E-state index in [2.05, 4.69) is 5.32 Å². The standard InChI is InChI=1S/C20H18F2N2O6/c1-11-5-2-3-8-14(11)23-19(28)20(29)24-15(9-17(26)27)16(25)10-30-18-12(21)6-4-7-13(18)22/h2-8,15H,9-10H2,1H3,(H,23,28)(H,24,29)(H,26,27)/t15-/m0/s1. The summed E-state index contributed by atoms with van der Waals surface area (Å²) in [6.07, 6.45) is -0.856. The molecule has 2 aromatic rings. The maximum atomic E-state index is 13.6. The second-order valence-electron chi connectivity index (χ2n) is 6.20. The number of anilines is 1. The third-order valence-corrected chi connectivity index (χ3v) is 3.95. The van der Waals surface area contributed by atoms with Gasteiger partial charge in [-0.1, -0.05) is 24.3 Å². The number of nitrogens with one attached hydrogen (secondary N) is 2. The molecule has 0 radical (unpaired) electrons. The molecule has 0 saturated heterocycles. The van der Waals surface area contributed by atoms with Gasteiger partial charge in [-0.2, -0.15) is 0 Å². The number of aliphatic carboxylic acids is 1. The van der Waals surface area contributed by atoms with Crippen molar-refractivity contribution in [2.24, 2.45) is 0 Å². The summed E-state index contributed by atoms with van der Waals surface area (Å²) in [5, 5.41) is 13.3. The zero-order valence-corrected chi connectivity index (χ0v) is 15.8. The van der Waals surface area contributed by atoms with Gasteiger partial charge in [0.05, 0.1) is 6.42 Å². The van der Waals surface area contributed by atoms with Crippen LogP contribution in [-0.4, -0.2) is 41.3 Å². The quantitative estimate of drug-likeness (QED) is 0.560. The van der Waals surface area contributed by atoms with Crippen molar-refractivity contribution in [2.45, 2.75) is 19.4 Å². The largest absolute Gasteiger partial charge is 0.481 e. The summed E-state index contributed by atoms with van der Waals surface area (Å²) >= 11 is 0. The molecule has 8 nitrogen and oxygen atoms in total. The van der Waals surface area contributed by atoms with E-state index in [9.17, 15) is 28.0 Å². The Morgan fingerprint density at radius 1 is 1.00 bits per heavy atom. The number of carboxylic acid groups (broad SMARTS) is 1. The average molecular weight is 420 g/mol. The fourth-order valence-corrected chi connectivity index (χ4v) is 2.40. The number of aryl methyl sites for hydroxylation is 1. The molecule has 2 rings (SSSR count). The number of ether oxygens (including phenoxy) is 1. The van der Waals surface area contributed by atoms with Crippen LogP contribution in [0.1, 0.15) is 12.0 Å². The minimum atomic E-state index is -1.65. The Labute approximate surface area is 169 Å². The third kappa shape index (κ3) is 6.09. The summed E-state index contributed by atoms with van der Waals surface area (Å²) in [4.78, 5) is 47.5. The van der Waals surface area contributed by atoms with Crippen LogP contribution in [0.4, 0.5) is 14.5 Å². The van der Waals surface area contributed by atoms with E-state index in [-0.39, 0.29) is 0 Å². The van der Waals surface area contributed by atoms with E-state index >= 15 is 0 Å². The molecule has 0 saturated carbocycles. The number of ketones is 1. The van der Waals surface area contributed by atoms with Crippen molar-refractivity contribution < 1.29 is 37.8 Å². The number of para-hydroxylation sites is 2. The molecular weight excluding hydrogens is 402 g/mol. The van der Waals surface area contributed by atoms with Gasteiger partial charge in [-0.05, 0) is 30.7 Å². The summed E-state index contributed by atoms with van der Waals surface area (Å²) in [5.74, 6) is -7.73. The maximum absolute atomic E-state index is 13.6. The van der Waals surface area contributed by atoms with E-state index in [1.165, 1.54) is 0 Å². The average Bonchev–Trinajstić information content (AvgIpc) is 2.68.